The van der Waals surface area contributed by atoms with E-state index in [0.29, 0.717) is 61.4 Å². The number of nitrogens with zero attached hydrogens (tertiary/aromatic N) is 8. The Morgan fingerprint density at radius 1 is 1.24 bits per heavy atom. The lowest BCUT2D eigenvalue weighted by Gasteiger charge is -2.46. The Morgan fingerprint density at radius 2 is 2.00 bits per heavy atom. The molecule has 196 valence electrons. The molecule has 1 aromatic heterocycles. The van der Waals surface area contributed by atoms with Gasteiger partial charge >= 0.3 is 0 Å². The Hall–Kier alpha value is -3.91. The number of nitro groups is 1. The van der Waals surface area contributed by atoms with Gasteiger partial charge in [-0.1, -0.05) is 18.2 Å². The van der Waals surface area contributed by atoms with Crippen molar-refractivity contribution in [3.8, 4) is 6.07 Å². The van der Waals surface area contributed by atoms with Crippen LogP contribution in [0.4, 0.5) is 21.6 Å². The third-order valence-corrected chi connectivity index (χ3v) is 10.4. The number of nitro benzene ring substituents is 1. The molecule has 0 radical (unpaired) electrons. The van der Waals surface area contributed by atoms with Crippen LogP contribution >= 0.6 is 7.36 Å². The molecule has 1 fully saturated rings. The second-order valence-corrected chi connectivity index (χ2v) is 11.8. The molecule has 1 saturated heterocycles. The predicted octanol–water partition coefficient (Wildman–Crippen LogP) is 4.50. The average molecular weight is 537 g/mol. The number of hydrogen-bond donors (Lipinski definition) is 0. The Kier molecular flexibility index (Phi) is 7.08. The number of aryl methyl sites for hydroxylation is 2. The molecule has 3 heterocycles. The van der Waals surface area contributed by atoms with Gasteiger partial charge in [-0.15, -0.1) is 0 Å². The minimum atomic E-state index is -2.98. The zero-order chi connectivity index (χ0) is 26.9. The molecule has 0 saturated carbocycles. The lowest BCUT2D eigenvalue weighted by atomic mass is 10.2. The topological polar surface area (TPSA) is 125 Å². The Bertz CT molecular complexity index is 1520. The standard InChI is InChI=1S/C25H26FN8O3P/c1-18-23-25(33(29-18)12-6-11-27)28-24(21-9-3-4-10-22(21)26)31(2)38(23,32-13-15-37-16-14-32)30-19-7-5-8-20(17-19)34(35)36/h3-5,7-10,17H,6,12-16H2,1-2H3/t38-/m0/s1. The number of non-ortho nitro benzene ring substituents is 1. The Morgan fingerprint density at radius 3 is 2.71 bits per heavy atom. The van der Waals surface area contributed by atoms with Crippen LogP contribution in [0.3, 0.4) is 0 Å². The molecule has 0 unspecified atom stereocenters. The second kappa shape index (κ2) is 10.5. The van der Waals surface area contributed by atoms with Gasteiger partial charge in [-0.2, -0.15) is 10.4 Å². The van der Waals surface area contributed by atoms with E-state index in [-0.39, 0.29) is 12.1 Å². The van der Waals surface area contributed by atoms with E-state index in [1.54, 1.807) is 35.0 Å². The zero-order valence-electron chi connectivity index (χ0n) is 21.0. The summed E-state index contributed by atoms with van der Waals surface area (Å²) in [6.07, 6.45) is 0.221. The maximum absolute atomic E-state index is 15.2. The molecule has 3 aromatic rings. The van der Waals surface area contributed by atoms with E-state index < -0.39 is 18.1 Å². The van der Waals surface area contributed by atoms with Gasteiger partial charge in [0, 0.05) is 32.3 Å². The highest BCUT2D eigenvalue weighted by molar-refractivity contribution is 7.70. The van der Waals surface area contributed by atoms with E-state index in [2.05, 4.69) is 10.7 Å². The third kappa shape index (κ3) is 4.39. The molecule has 2 aromatic carbocycles. The molecule has 2 aliphatic rings. The van der Waals surface area contributed by atoms with Crippen molar-refractivity contribution in [3.05, 3.63) is 75.7 Å². The zero-order valence-corrected chi connectivity index (χ0v) is 21.9. The van der Waals surface area contributed by atoms with Gasteiger partial charge in [0.2, 0.25) is 0 Å². The summed E-state index contributed by atoms with van der Waals surface area (Å²) in [7, 11) is -1.15. The fourth-order valence-corrected chi connectivity index (χ4v) is 8.66. The first-order valence-electron chi connectivity index (χ1n) is 12.1. The summed E-state index contributed by atoms with van der Waals surface area (Å²) >= 11 is 0. The predicted molar refractivity (Wildman–Crippen MR) is 142 cm³/mol. The minimum absolute atomic E-state index is 0.0734. The molecular formula is C25H26FN8O3P. The van der Waals surface area contributed by atoms with Crippen molar-refractivity contribution in [2.24, 2.45) is 9.74 Å². The molecular weight excluding hydrogens is 510 g/mol. The first-order valence-corrected chi connectivity index (χ1v) is 13.7. The second-order valence-electron chi connectivity index (χ2n) is 8.84. The van der Waals surface area contributed by atoms with Gasteiger partial charge in [-0.05, 0) is 25.1 Å². The van der Waals surface area contributed by atoms with Gasteiger partial charge in [0.1, 0.15) is 11.7 Å². The molecule has 13 heteroatoms. The molecule has 5 rings (SSSR count). The highest BCUT2D eigenvalue weighted by Crippen LogP contribution is 2.61. The fraction of sp³-hybridized carbons (Fsp3) is 0.320. The van der Waals surface area contributed by atoms with Crippen molar-refractivity contribution in [1.82, 2.24) is 19.1 Å². The molecule has 0 amide bonds. The first kappa shape index (κ1) is 25.7. The molecule has 11 nitrogen and oxygen atoms in total. The van der Waals surface area contributed by atoms with Crippen LogP contribution in [0.5, 0.6) is 0 Å². The van der Waals surface area contributed by atoms with Crippen LogP contribution < -0.4 is 5.30 Å². The maximum Gasteiger partial charge on any atom is 0.271 e. The van der Waals surface area contributed by atoms with E-state index in [9.17, 15) is 15.4 Å². The van der Waals surface area contributed by atoms with Crippen LogP contribution in [-0.4, -0.2) is 63.2 Å². The summed E-state index contributed by atoms with van der Waals surface area (Å²) in [6, 6.07) is 14.8. The molecule has 2 aliphatic heterocycles. The number of ether oxygens (including phenoxy) is 1. The summed E-state index contributed by atoms with van der Waals surface area (Å²) in [6.45, 7) is 4.22. The van der Waals surface area contributed by atoms with Crippen LogP contribution in [0, 0.1) is 34.2 Å². The number of nitriles is 1. The van der Waals surface area contributed by atoms with E-state index in [0.717, 1.165) is 5.30 Å². The number of benzene rings is 2. The fourth-order valence-electron chi connectivity index (χ4n) is 4.84. The summed E-state index contributed by atoms with van der Waals surface area (Å²) < 4.78 is 31.9. The van der Waals surface area contributed by atoms with Gasteiger partial charge < -0.3 is 9.41 Å². The van der Waals surface area contributed by atoms with Crippen LogP contribution in [0.25, 0.3) is 0 Å². The van der Waals surface area contributed by atoms with Gasteiger partial charge in [-0.3, -0.25) is 10.1 Å². The van der Waals surface area contributed by atoms with E-state index in [4.69, 9.17) is 19.6 Å². The number of hydrogen-bond acceptors (Lipinski definition) is 7. The van der Waals surface area contributed by atoms with Crippen LogP contribution in [0.1, 0.15) is 17.7 Å². The van der Waals surface area contributed by atoms with Crippen molar-refractivity contribution < 1.29 is 14.1 Å². The number of halogens is 1. The van der Waals surface area contributed by atoms with Crippen molar-refractivity contribution >= 4 is 35.7 Å². The maximum atomic E-state index is 15.2. The monoisotopic (exact) mass is 536 g/mol. The molecule has 0 spiro atoms. The summed E-state index contributed by atoms with van der Waals surface area (Å²) in [5, 5.41) is 26.3. The van der Waals surface area contributed by atoms with Crippen molar-refractivity contribution in [3.63, 3.8) is 0 Å². The number of rotatable bonds is 6. The van der Waals surface area contributed by atoms with E-state index in [1.807, 2.05) is 18.6 Å². The largest absolute Gasteiger partial charge is 0.379 e. The first-order chi connectivity index (χ1) is 18.4. The summed E-state index contributed by atoms with van der Waals surface area (Å²) in [5.41, 5.74) is 1.35. The number of aromatic nitrogens is 2. The summed E-state index contributed by atoms with van der Waals surface area (Å²) in [4.78, 5) is 16.0. The molecule has 0 N–H and O–H groups in total. The van der Waals surface area contributed by atoms with Crippen molar-refractivity contribution in [2.75, 3.05) is 33.4 Å². The van der Waals surface area contributed by atoms with E-state index >= 15 is 4.39 Å². The van der Waals surface area contributed by atoms with Crippen molar-refractivity contribution in [1.29, 1.82) is 5.26 Å². The number of aliphatic imine (C=N–C) groups is 1. The Balaban J connectivity index is 1.86. The number of amidine groups is 1. The average Bonchev–Trinajstić information content (AvgIpc) is 3.25. The molecule has 38 heavy (non-hydrogen) atoms. The van der Waals surface area contributed by atoms with Crippen LogP contribution in [0.15, 0.2) is 58.3 Å². The van der Waals surface area contributed by atoms with Crippen LogP contribution in [-0.2, 0) is 11.3 Å². The summed E-state index contributed by atoms with van der Waals surface area (Å²) in [5.74, 6) is 0.461. The van der Waals surface area contributed by atoms with Crippen molar-refractivity contribution in [2.45, 2.75) is 19.9 Å². The van der Waals surface area contributed by atoms with Gasteiger partial charge in [0.05, 0.1) is 59.4 Å². The smallest absolute Gasteiger partial charge is 0.271 e. The quantitative estimate of drug-likeness (QED) is 0.258. The third-order valence-electron chi connectivity index (χ3n) is 6.53. The number of fused-ring (bicyclic) bond motifs is 1. The van der Waals surface area contributed by atoms with Gasteiger partial charge in [-0.25, -0.2) is 23.5 Å². The van der Waals surface area contributed by atoms with Crippen LogP contribution in [0.2, 0.25) is 0 Å². The lowest BCUT2D eigenvalue weighted by Crippen LogP contribution is -2.45. The molecule has 0 bridgehead atoms. The van der Waals surface area contributed by atoms with E-state index in [1.165, 1.54) is 18.2 Å². The lowest BCUT2D eigenvalue weighted by molar-refractivity contribution is -0.384. The molecule has 0 aliphatic carbocycles. The van der Waals surface area contributed by atoms with Gasteiger partial charge in [0.25, 0.3) is 5.69 Å². The Labute approximate surface area is 219 Å². The minimum Gasteiger partial charge on any atom is -0.379 e. The molecule has 1 atom stereocenters. The van der Waals surface area contributed by atoms with Gasteiger partial charge in [0.15, 0.2) is 13.2 Å². The number of morpholine rings is 1. The highest BCUT2D eigenvalue weighted by Gasteiger charge is 2.45. The normalized spacial score (nSPS) is 19.4. The highest BCUT2D eigenvalue weighted by atomic mass is 31.2. The SMILES string of the molecule is Cc1nn(CCC#N)c2c1[P@@](=Nc1cccc([N+](=O)[O-])c1)(N1CCOCC1)N(C)C(c1ccccc1F)=N2.